The third-order valence-corrected chi connectivity index (χ3v) is 4.44. The number of nitrogens with zero attached hydrogens (tertiary/aromatic N) is 3. The van der Waals surface area contributed by atoms with Gasteiger partial charge in [0, 0.05) is 10.8 Å². The van der Waals surface area contributed by atoms with Crippen LogP contribution in [0, 0.1) is 6.92 Å². The number of aromatic amines is 1. The highest BCUT2D eigenvalue weighted by atomic mass is 35.5. The summed E-state index contributed by atoms with van der Waals surface area (Å²) in [6.07, 6.45) is 0. The summed E-state index contributed by atoms with van der Waals surface area (Å²) in [5, 5.41) is 19.6. The second-order valence-electron chi connectivity index (χ2n) is 5.80. The van der Waals surface area contributed by atoms with Crippen LogP contribution in [-0.2, 0) is 0 Å². The fraction of sp³-hybridized carbons (Fsp3) is 0.0526. The van der Waals surface area contributed by atoms with E-state index in [9.17, 15) is 9.90 Å². The highest BCUT2D eigenvalue weighted by molar-refractivity contribution is 6.35. The van der Waals surface area contributed by atoms with Crippen molar-refractivity contribution in [3.8, 4) is 5.88 Å². The highest BCUT2D eigenvalue weighted by Crippen LogP contribution is 2.38. The highest BCUT2D eigenvalue weighted by Gasteiger charge is 2.15. The van der Waals surface area contributed by atoms with E-state index in [4.69, 9.17) is 11.6 Å². The summed E-state index contributed by atoms with van der Waals surface area (Å²) in [4.78, 5) is 19.7. The summed E-state index contributed by atoms with van der Waals surface area (Å²) < 4.78 is 0. The molecule has 0 bridgehead atoms. The lowest BCUT2D eigenvalue weighted by molar-refractivity contribution is 0.0994. The van der Waals surface area contributed by atoms with E-state index in [1.54, 1.807) is 31.2 Å². The topological polar surface area (TPSA) is 90.7 Å². The number of para-hydroxylation sites is 2. The second kappa shape index (κ2) is 6.24. The molecule has 4 aromatic rings. The predicted octanol–water partition coefficient (Wildman–Crippen LogP) is 5.31. The molecule has 0 fully saturated rings. The molecule has 2 N–H and O–H groups in total. The molecule has 26 heavy (non-hydrogen) atoms. The first-order valence-electron chi connectivity index (χ1n) is 7.86. The Morgan fingerprint density at radius 1 is 1.19 bits per heavy atom. The summed E-state index contributed by atoms with van der Waals surface area (Å²) >= 11 is 6.09. The Hall–Kier alpha value is -3.25. The van der Waals surface area contributed by atoms with Gasteiger partial charge in [-0.2, -0.15) is 0 Å². The smallest absolute Gasteiger partial charge is 0.297 e. The number of aryl methyl sites for hydroxylation is 1. The zero-order valence-corrected chi connectivity index (χ0v) is 14.4. The molecule has 0 saturated carbocycles. The molecule has 0 atom stereocenters. The minimum atomic E-state index is -0.531. The largest absolute Gasteiger partial charge is 0.493 e. The Labute approximate surface area is 153 Å². The molecule has 0 unspecified atom stereocenters. The molecule has 2 aromatic carbocycles. The van der Waals surface area contributed by atoms with Gasteiger partial charge in [-0.1, -0.05) is 41.9 Å². The van der Waals surface area contributed by atoms with Crippen molar-refractivity contribution < 1.29 is 9.90 Å². The Balaban J connectivity index is 1.74. The fourth-order valence-corrected chi connectivity index (χ4v) is 3.05. The van der Waals surface area contributed by atoms with E-state index in [0.29, 0.717) is 27.2 Å². The van der Waals surface area contributed by atoms with Crippen LogP contribution in [0.5, 0.6) is 5.88 Å². The number of carbonyl (C=O) groups excluding carboxylic acids is 1. The van der Waals surface area contributed by atoms with E-state index in [1.165, 1.54) is 0 Å². The van der Waals surface area contributed by atoms with Gasteiger partial charge >= 0.3 is 0 Å². The van der Waals surface area contributed by atoms with E-state index in [1.807, 2.05) is 24.3 Å². The number of hydrogen-bond acceptors (Lipinski definition) is 4. The molecule has 7 heteroatoms. The van der Waals surface area contributed by atoms with Crippen LogP contribution >= 0.6 is 11.6 Å². The fourth-order valence-electron chi connectivity index (χ4n) is 2.83. The van der Waals surface area contributed by atoms with Gasteiger partial charge in [-0.25, -0.2) is 0 Å². The van der Waals surface area contributed by atoms with Crippen LogP contribution in [0.3, 0.4) is 0 Å². The van der Waals surface area contributed by atoms with Crippen molar-refractivity contribution >= 4 is 45.0 Å². The number of azo groups is 1. The Morgan fingerprint density at radius 2 is 2.00 bits per heavy atom. The maximum atomic E-state index is 12.5. The molecule has 0 saturated heterocycles. The monoisotopic (exact) mass is 364 g/mol. The van der Waals surface area contributed by atoms with Gasteiger partial charge in [0.15, 0.2) is 5.69 Å². The maximum Gasteiger partial charge on any atom is 0.297 e. The molecule has 0 aliphatic rings. The number of aromatic nitrogens is 2. The minimum Gasteiger partial charge on any atom is -0.493 e. The molecular weight excluding hydrogens is 352 g/mol. The van der Waals surface area contributed by atoms with Gasteiger partial charge in [0.1, 0.15) is 0 Å². The summed E-state index contributed by atoms with van der Waals surface area (Å²) in [5.41, 5.74) is 2.45. The zero-order chi connectivity index (χ0) is 18.3. The van der Waals surface area contributed by atoms with Gasteiger partial charge in [0.05, 0.1) is 27.3 Å². The van der Waals surface area contributed by atoms with Gasteiger partial charge in [-0.15, -0.1) is 10.2 Å². The van der Waals surface area contributed by atoms with E-state index in [2.05, 4.69) is 20.2 Å². The van der Waals surface area contributed by atoms with Crippen molar-refractivity contribution in [2.45, 2.75) is 6.92 Å². The molecule has 2 heterocycles. The molecule has 2 aromatic heterocycles. The first-order valence-corrected chi connectivity index (χ1v) is 8.24. The molecule has 0 aliphatic heterocycles. The zero-order valence-electron chi connectivity index (χ0n) is 13.7. The Bertz CT molecular complexity index is 1200. The maximum absolute atomic E-state index is 12.5. The van der Waals surface area contributed by atoms with E-state index < -0.39 is 5.91 Å². The average molecular weight is 365 g/mol. The van der Waals surface area contributed by atoms with E-state index in [0.717, 1.165) is 10.9 Å². The molecule has 128 valence electrons. The number of amides is 1. The molecule has 0 spiro atoms. The number of nitrogens with one attached hydrogen (secondary N) is 1. The molecule has 0 aliphatic carbocycles. The number of hydrogen-bond donors (Lipinski definition) is 2. The summed E-state index contributed by atoms with van der Waals surface area (Å²) in [7, 11) is 0. The van der Waals surface area contributed by atoms with Crippen LogP contribution < -0.4 is 0 Å². The third kappa shape index (κ3) is 2.70. The van der Waals surface area contributed by atoms with Crippen molar-refractivity contribution in [2.24, 2.45) is 10.2 Å². The number of benzene rings is 2. The SMILES string of the molecule is Cc1nc2ccccc2cc1C(=O)N=Nc1c(O)[nH]c2c(Cl)cccc12. The predicted molar refractivity (Wildman–Crippen MR) is 100 cm³/mol. The van der Waals surface area contributed by atoms with E-state index >= 15 is 0 Å². The van der Waals surface area contributed by atoms with E-state index in [-0.39, 0.29) is 11.6 Å². The van der Waals surface area contributed by atoms with Gasteiger partial charge in [-0.3, -0.25) is 9.78 Å². The minimum absolute atomic E-state index is 0.169. The van der Waals surface area contributed by atoms with Crippen molar-refractivity contribution in [1.82, 2.24) is 9.97 Å². The molecule has 4 rings (SSSR count). The quantitative estimate of drug-likeness (QED) is 0.472. The first kappa shape index (κ1) is 16.2. The molecule has 6 nitrogen and oxygen atoms in total. The number of carbonyl (C=O) groups is 1. The summed E-state index contributed by atoms with van der Waals surface area (Å²) in [6, 6.07) is 14.4. The Morgan fingerprint density at radius 3 is 2.85 bits per heavy atom. The van der Waals surface area contributed by atoms with Crippen molar-refractivity contribution in [1.29, 1.82) is 0 Å². The van der Waals surface area contributed by atoms with Crippen molar-refractivity contribution in [2.75, 3.05) is 0 Å². The first-order chi connectivity index (χ1) is 12.5. The lowest BCUT2D eigenvalue weighted by atomic mass is 10.1. The van der Waals surface area contributed by atoms with Gasteiger partial charge < -0.3 is 10.1 Å². The number of rotatable bonds is 2. The lowest BCUT2D eigenvalue weighted by Gasteiger charge is -2.03. The number of H-pyrrole nitrogens is 1. The van der Waals surface area contributed by atoms with Crippen LogP contribution in [0.1, 0.15) is 16.1 Å². The number of fused-ring (bicyclic) bond motifs is 2. The van der Waals surface area contributed by atoms with Gasteiger partial charge in [0.2, 0.25) is 5.88 Å². The van der Waals surface area contributed by atoms with Crippen LogP contribution in [0.25, 0.3) is 21.8 Å². The summed E-state index contributed by atoms with van der Waals surface area (Å²) in [5.74, 6) is -0.727. The van der Waals surface area contributed by atoms with Crippen molar-refractivity contribution in [3.63, 3.8) is 0 Å². The van der Waals surface area contributed by atoms with Gasteiger partial charge in [0.25, 0.3) is 5.91 Å². The Kier molecular flexibility index (Phi) is 3.89. The molecular formula is C19H13ClN4O2. The van der Waals surface area contributed by atoms with Crippen LogP contribution in [-0.4, -0.2) is 21.0 Å². The standard InChI is InChI=1S/C19H13ClN4O2/c1-10-13(9-11-5-2-3-8-15(11)21-10)18(25)24-23-17-12-6-4-7-14(20)16(12)22-19(17)26/h2-9,22,26H,1H3. The lowest BCUT2D eigenvalue weighted by Crippen LogP contribution is -2.00. The van der Waals surface area contributed by atoms with Crippen LogP contribution in [0.2, 0.25) is 5.02 Å². The summed E-state index contributed by atoms with van der Waals surface area (Å²) in [6.45, 7) is 1.75. The number of pyridine rings is 1. The third-order valence-electron chi connectivity index (χ3n) is 4.12. The molecule has 0 radical (unpaired) electrons. The van der Waals surface area contributed by atoms with Crippen molar-refractivity contribution in [3.05, 3.63) is 64.8 Å². The normalized spacial score (nSPS) is 11.6. The molecule has 1 amide bonds. The van der Waals surface area contributed by atoms with Crippen LogP contribution in [0.15, 0.2) is 58.8 Å². The van der Waals surface area contributed by atoms with Gasteiger partial charge in [-0.05, 0) is 25.1 Å². The van der Waals surface area contributed by atoms with Crippen LogP contribution in [0.4, 0.5) is 5.69 Å². The second-order valence-corrected chi connectivity index (χ2v) is 6.21. The number of halogens is 1. The number of aromatic hydroxyl groups is 1. The average Bonchev–Trinajstić information content (AvgIpc) is 2.96.